The highest BCUT2D eigenvalue weighted by Gasteiger charge is 2.26. The van der Waals surface area contributed by atoms with E-state index in [0.717, 1.165) is 16.5 Å². The second-order valence-corrected chi connectivity index (χ2v) is 6.82. The van der Waals surface area contributed by atoms with Gasteiger partial charge in [0.2, 0.25) is 0 Å². The number of aromatic nitrogens is 1. The maximum atomic E-state index is 12.4. The molecular weight excluding hydrogens is 294 g/mol. The summed E-state index contributed by atoms with van der Waals surface area (Å²) in [7, 11) is 0. The molecule has 0 aliphatic carbocycles. The Kier molecular flexibility index (Phi) is 3.55. The first-order valence-electron chi connectivity index (χ1n) is 7.65. The molecule has 2 N–H and O–H groups in total. The lowest BCUT2D eigenvalue weighted by Gasteiger charge is -2.26. The van der Waals surface area contributed by atoms with Crippen molar-refractivity contribution >= 4 is 22.9 Å². The van der Waals surface area contributed by atoms with Gasteiger partial charge in [-0.05, 0) is 26.3 Å². The van der Waals surface area contributed by atoms with Crippen LogP contribution in [-0.4, -0.2) is 33.6 Å². The summed E-state index contributed by atoms with van der Waals surface area (Å²) in [6.07, 6.45) is 1.45. The molecule has 3 rings (SSSR count). The van der Waals surface area contributed by atoms with E-state index >= 15 is 0 Å². The normalized spacial score (nSPS) is 14.7. The van der Waals surface area contributed by atoms with Crippen LogP contribution in [0.15, 0.2) is 24.4 Å². The van der Waals surface area contributed by atoms with Crippen molar-refractivity contribution in [3.8, 4) is 0 Å². The number of benzene rings is 1. The van der Waals surface area contributed by atoms with Crippen LogP contribution < -0.4 is 5.73 Å². The van der Waals surface area contributed by atoms with E-state index < -0.39 is 11.5 Å². The fraction of sp³-hybridized carbons (Fsp3) is 0.412. The Balaban J connectivity index is 1.98. The molecule has 2 heterocycles. The molecule has 0 saturated heterocycles. The van der Waals surface area contributed by atoms with Gasteiger partial charge in [-0.25, -0.2) is 4.79 Å². The molecule has 23 heavy (non-hydrogen) atoms. The van der Waals surface area contributed by atoms with E-state index in [2.05, 4.69) is 0 Å². The second kappa shape index (κ2) is 5.30. The summed E-state index contributed by atoms with van der Waals surface area (Å²) in [5.74, 6) is -0.435. The van der Waals surface area contributed by atoms with E-state index in [-0.39, 0.29) is 6.09 Å². The van der Waals surface area contributed by atoms with Gasteiger partial charge in [0, 0.05) is 24.7 Å². The van der Waals surface area contributed by atoms with E-state index in [1.807, 2.05) is 43.5 Å². The molecule has 0 fully saturated rings. The minimum absolute atomic E-state index is 0.324. The monoisotopic (exact) mass is 315 g/mol. The summed E-state index contributed by atoms with van der Waals surface area (Å²) in [4.78, 5) is 25.7. The Morgan fingerprint density at radius 1 is 1.22 bits per heavy atom. The first-order chi connectivity index (χ1) is 10.8. The van der Waals surface area contributed by atoms with Gasteiger partial charge in [0.25, 0.3) is 5.91 Å². The number of nitrogens with two attached hydrogens (primary N) is 1. The van der Waals surface area contributed by atoms with Crippen LogP contribution in [0.3, 0.4) is 0 Å². The third kappa shape index (κ3) is 2.88. The number of nitrogens with zero attached hydrogens (tertiary/aromatic N) is 2. The van der Waals surface area contributed by atoms with Crippen LogP contribution in [-0.2, 0) is 17.8 Å². The number of rotatable bonds is 1. The lowest BCUT2D eigenvalue weighted by Crippen LogP contribution is -2.37. The Labute approximate surface area is 134 Å². The summed E-state index contributed by atoms with van der Waals surface area (Å²) in [5.41, 5.74) is 7.41. The third-order valence-electron chi connectivity index (χ3n) is 3.87. The smallest absolute Gasteiger partial charge is 0.410 e. The highest BCUT2D eigenvalue weighted by atomic mass is 16.6. The van der Waals surface area contributed by atoms with E-state index in [4.69, 9.17) is 10.5 Å². The van der Waals surface area contributed by atoms with Crippen molar-refractivity contribution in [2.75, 3.05) is 6.54 Å². The van der Waals surface area contributed by atoms with Gasteiger partial charge in [0.05, 0.1) is 17.6 Å². The Morgan fingerprint density at radius 2 is 1.96 bits per heavy atom. The van der Waals surface area contributed by atoms with Gasteiger partial charge in [-0.3, -0.25) is 4.79 Å². The molecule has 2 amide bonds. The molecule has 1 aliphatic rings. The van der Waals surface area contributed by atoms with E-state index in [0.29, 0.717) is 25.2 Å². The van der Waals surface area contributed by atoms with Crippen molar-refractivity contribution in [3.63, 3.8) is 0 Å². The zero-order valence-electron chi connectivity index (χ0n) is 13.6. The topological polar surface area (TPSA) is 77.6 Å². The molecule has 0 spiro atoms. The number of carbonyl (C=O) groups excluding carboxylic acids is 2. The highest BCUT2D eigenvalue weighted by Crippen LogP contribution is 2.28. The average molecular weight is 315 g/mol. The third-order valence-corrected chi connectivity index (χ3v) is 3.87. The van der Waals surface area contributed by atoms with Gasteiger partial charge in [-0.2, -0.15) is 0 Å². The van der Waals surface area contributed by atoms with Crippen LogP contribution in [0.25, 0.3) is 10.9 Å². The summed E-state index contributed by atoms with van der Waals surface area (Å²) in [5, 5.41) is 0.834. The van der Waals surface area contributed by atoms with Crippen molar-refractivity contribution in [2.24, 2.45) is 5.73 Å². The van der Waals surface area contributed by atoms with Gasteiger partial charge >= 0.3 is 6.09 Å². The zero-order valence-corrected chi connectivity index (χ0v) is 13.6. The lowest BCUT2D eigenvalue weighted by molar-refractivity contribution is 0.0232. The largest absolute Gasteiger partial charge is 0.444 e. The molecule has 0 bridgehead atoms. The molecule has 2 aromatic rings. The van der Waals surface area contributed by atoms with Crippen molar-refractivity contribution in [2.45, 2.75) is 39.5 Å². The van der Waals surface area contributed by atoms with Gasteiger partial charge in [-0.1, -0.05) is 18.2 Å². The number of ether oxygens (including phenoxy) is 1. The highest BCUT2D eigenvalue weighted by molar-refractivity contribution is 6.07. The lowest BCUT2D eigenvalue weighted by atomic mass is 10.1. The molecule has 0 saturated carbocycles. The first-order valence-corrected chi connectivity index (χ1v) is 7.65. The van der Waals surface area contributed by atoms with Crippen LogP contribution in [0.1, 0.15) is 36.7 Å². The SMILES string of the molecule is CC(C)(C)OC(=O)N1CCn2cc(C(N)=O)c3cccc(c32)C1. The van der Waals surface area contributed by atoms with E-state index in [1.165, 1.54) is 0 Å². The van der Waals surface area contributed by atoms with Crippen LogP contribution in [0, 0.1) is 0 Å². The van der Waals surface area contributed by atoms with Crippen LogP contribution >= 0.6 is 0 Å². The Morgan fingerprint density at radius 3 is 2.61 bits per heavy atom. The molecule has 122 valence electrons. The molecule has 1 aromatic heterocycles. The average Bonchev–Trinajstić information content (AvgIpc) is 2.70. The number of carbonyl (C=O) groups is 2. The molecule has 0 atom stereocenters. The standard InChI is InChI=1S/C17H21N3O3/c1-17(2,3)23-16(22)20-8-7-19-10-13(15(18)21)12-6-4-5-11(9-20)14(12)19/h4-6,10H,7-9H2,1-3H3,(H2,18,21). The summed E-state index contributed by atoms with van der Waals surface area (Å²) < 4.78 is 7.46. The van der Waals surface area contributed by atoms with Crippen LogP contribution in [0.5, 0.6) is 0 Å². The maximum absolute atomic E-state index is 12.4. The molecule has 0 unspecified atom stereocenters. The first kappa shape index (κ1) is 15.4. The van der Waals surface area contributed by atoms with Crippen molar-refractivity contribution in [3.05, 3.63) is 35.5 Å². The summed E-state index contributed by atoms with van der Waals surface area (Å²) >= 11 is 0. The number of hydrogen-bond acceptors (Lipinski definition) is 3. The quantitative estimate of drug-likeness (QED) is 0.878. The Bertz CT molecular complexity index is 786. The fourth-order valence-electron chi connectivity index (χ4n) is 2.93. The van der Waals surface area contributed by atoms with Crippen molar-refractivity contribution in [1.29, 1.82) is 0 Å². The molecule has 1 aliphatic heterocycles. The summed E-state index contributed by atoms with van der Waals surface area (Å²) in [6, 6.07) is 5.73. The molecule has 1 aromatic carbocycles. The van der Waals surface area contributed by atoms with Crippen LogP contribution in [0.2, 0.25) is 0 Å². The van der Waals surface area contributed by atoms with E-state index in [9.17, 15) is 9.59 Å². The molecular formula is C17H21N3O3. The van der Waals surface area contributed by atoms with Gasteiger partial charge in [0.1, 0.15) is 5.60 Å². The number of para-hydroxylation sites is 1. The predicted octanol–water partition coefficient (Wildman–Crippen LogP) is 2.49. The number of primary amides is 1. The van der Waals surface area contributed by atoms with Gasteiger partial charge < -0.3 is 19.9 Å². The van der Waals surface area contributed by atoms with Crippen LogP contribution in [0.4, 0.5) is 4.79 Å². The molecule has 0 radical (unpaired) electrons. The van der Waals surface area contributed by atoms with Gasteiger partial charge in [-0.15, -0.1) is 0 Å². The predicted molar refractivity (Wildman–Crippen MR) is 87.1 cm³/mol. The van der Waals surface area contributed by atoms with Gasteiger partial charge in [0.15, 0.2) is 0 Å². The van der Waals surface area contributed by atoms with Crippen molar-refractivity contribution in [1.82, 2.24) is 9.47 Å². The molecule has 6 heteroatoms. The van der Waals surface area contributed by atoms with E-state index in [1.54, 1.807) is 11.1 Å². The second-order valence-electron chi connectivity index (χ2n) is 6.82. The minimum atomic E-state index is -0.524. The number of hydrogen-bond donors (Lipinski definition) is 1. The zero-order chi connectivity index (χ0) is 16.8. The van der Waals surface area contributed by atoms with Crippen molar-refractivity contribution < 1.29 is 14.3 Å². The molecule has 6 nitrogen and oxygen atoms in total. The minimum Gasteiger partial charge on any atom is -0.444 e. The maximum Gasteiger partial charge on any atom is 0.410 e. The Hall–Kier alpha value is -2.50. The summed E-state index contributed by atoms with van der Waals surface area (Å²) in [6.45, 7) is 7.13. The fourth-order valence-corrected chi connectivity index (χ4v) is 2.93. The number of amides is 2.